The summed E-state index contributed by atoms with van der Waals surface area (Å²) in [6, 6.07) is 7.65. The van der Waals surface area contributed by atoms with Crippen LogP contribution in [0.15, 0.2) is 30.5 Å². The Morgan fingerprint density at radius 2 is 2.11 bits per heavy atom. The molecule has 0 atom stereocenters. The van der Waals surface area contributed by atoms with Gasteiger partial charge in [0.05, 0.1) is 0 Å². The first-order valence-corrected chi connectivity index (χ1v) is 6.00. The zero-order chi connectivity index (χ0) is 13.0. The highest BCUT2D eigenvalue weighted by atomic mass is 16.1. The summed E-state index contributed by atoms with van der Waals surface area (Å²) in [6.45, 7) is 4.65. The molecule has 4 heteroatoms. The third-order valence-corrected chi connectivity index (χ3v) is 3.01. The van der Waals surface area contributed by atoms with Crippen molar-refractivity contribution < 1.29 is 4.79 Å². The predicted molar refractivity (Wildman–Crippen MR) is 70.5 cm³/mol. The molecule has 94 valence electrons. The molecule has 0 aliphatic carbocycles. The van der Waals surface area contributed by atoms with Gasteiger partial charge in [-0.05, 0) is 43.2 Å². The van der Waals surface area contributed by atoms with Crippen LogP contribution in [-0.2, 0) is 6.42 Å². The van der Waals surface area contributed by atoms with Crippen LogP contribution in [0.3, 0.4) is 0 Å². The molecule has 0 saturated heterocycles. The number of nitrogens with one attached hydrogen (secondary N) is 2. The molecule has 1 heterocycles. The Bertz CT molecular complexity index is 532. The summed E-state index contributed by atoms with van der Waals surface area (Å²) in [7, 11) is 0. The van der Waals surface area contributed by atoms with E-state index in [4.69, 9.17) is 0 Å². The number of aromatic nitrogens is 2. The molecule has 1 amide bonds. The van der Waals surface area contributed by atoms with E-state index in [0.717, 1.165) is 17.7 Å². The van der Waals surface area contributed by atoms with Crippen LogP contribution in [-0.4, -0.2) is 22.6 Å². The molecule has 2 aromatic rings. The zero-order valence-corrected chi connectivity index (χ0v) is 10.7. The lowest BCUT2D eigenvalue weighted by Crippen LogP contribution is -2.25. The molecule has 0 aliphatic rings. The Morgan fingerprint density at radius 3 is 2.78 bits per heavy atom. The quantitative estimate of drug-likeness (QED) is 0.863. The number of carbonyl (C=O) groups excluding carboxylic acids is 1. The minimum Gasteiger partial charge on any atom is -0.352 e. The van der Waals surface area contributed by atoms with Gasteiger partial charge in [-0.1, -0.05) is 6.07 Å². The van der Waals surface area contributed by atoms with Gasteiger partial charge in [0.2, 0.25) is 0 Å². The summed E-state index contributed by atoms with van der Waals surface area (Å²) in [5.74, 6) is -0.0300. The molecule has 2 rings (SSSR count). The largest absolute Gasteiger partial charge is 0.352 e. The minimum absolute atomic E-state index is 0.0300. The van der Waals surface area contributed by atoms with Crippen molar-refractivity contribution in [3.8, 4) is 0 Å². The molecule has 0 spiro atoms. The van der Waals surface area contributed by atoms with E-state index in [0.29, 0.717) is 12.1 Å². The van der Waals surface area contributed by atoms with E-state index >= 15 is 0 Å². The Labute approximate surface area is 106 Å². The first-order valence-electron chi connectivity index (χ1n) is 6.00. The lowest BCUT2D eigenvalue weighted by molar-refractivity contribution is 0.0954. The fraction of sp³-hybridized carbons (Fsp3) is 0.286. The fourth-order valence-electron chi connectivity index (χ4n) is 1.72. The maximum Gasteiger partial charge on any atom is 0.251 e. The number of hydrogen-bond acceptors (Lipinski definition) is 2. The summed E-state index contributed by atoms with van der Waals surface area (Å²) in [5.41, 5.74) is 4.07. The molecule has 0 unspecified atom stereocenters. The van der Waals surface area contributed by atoms with Gasteiger partial charge >= 0.3 is 0 Å². The monoisotopic (exact) mass is 243 g/mol. The summed E-state index contributed by atoms with van der Waals surface area (Å²) in [5, 5.41) is 9.62. The molecule has 4 nitrogen and oxygen atoms in total. The van der Waals surface area contributed by atoms with Gasteiger partial charge in [0.25, 0.3) is 5.91 Å². The number of amides is 1. The van der Waals surface area contributed by atoms with Crippen molar-refractivity contribution in [2.75, 3.05) is 6.54 Å². The van der Waals surface area contributed by atoms with Crippen molar-refractivity contribution in [1.82, 2.24) is 15.5 Å². The van der Waals surface area contributed by atoms with Crippen molar-refractivity contribution in [3.63, 3.8) is 0 Å². The van der Waals surface area contributed by atoms with E-state index in [9.17, 15) is 4.79 Å². The molecule has 0 bridgehead atoms. The highest BCUT2D eigenvalue weighted by Gasteiger charge is 2.06. The number of benzene rings is 1. The molecule has 0 radical (unpaired) electrons. The number of aryl methyl sites for hydroxylation is 2. The number of carbonyl (C=O) groups is 1. The van der Waals surface area contributed by atoms with Gasteiger partial charge in [0, 0.05) is 30.4 Å². The summed E-state index contributed by atoms with van der Waals surface area (Å²) < 4.78 is 0. The van der Waals surface area contributed by atoms with E-state index in [-0.39, 0.29) is 5.91 Å². The standard InChI is InChI=1S/C14H17N3O/c1-10-3-4-12(9-11(10)2)14(18)15-7-5-13-6-8-16-17-13/h3-4,6,8-9H,5,7H2,1-2H3,(H,15,18)(H,16,17). The second-order valence-corrected chi connectivity index (χ2v) is 4.39. The Morgan fingerprint density at radius 1 is 1.28 bits per heavy atom. The van der Waals surface area contributed by atoms with Gasteiger partial charge in [0.15, 0.2) is 0 Å². The molecule has 18 heavy (non-hydrogen) atoms. The van der Waals surface area contributed by atoms with Crippen LogP contribution >= 0.6 is 0 Å². The summed E-state index contributed by atoms with van der Waals surface area (Å²) in [4.78, 5) is 11.9. The highest BCUT2D eigenvalue weighted by molar-refractivity contribution is 5.94. The lowest BCUT2D eigenvalue weighted by Gasteiger charge is -2.06. The van der Waals surface area contributed by atoms with Gasteiger partial charge in [-0.15, -0.1) is 0 Å². The minimum atomic E-state index is -0.0300. The van der Waals surface area contributed by atoms with E-state index in [1.165, 1.54) is 5.56 Å². The molecule has 1 aromatic heterocycles. The normalized spacial score (nSPS) is 10.3. The van der Waals surface area contributed by atoms with Gasteiger partial charge in [-0.2, -0.15) is 5.10 Å². The van der Waals surface area contributed by atoms with E-state index in [1.54, 1.807) is 6.20 Å². The van der Waals surface area contributed by atoms with E-state index in [1.807, 2.05) is 38.1 Å². The van der Waals surface area contributed by atoms with Crippen LogP contribution in [0.5, 0.6) is 0 Å². The van der Waals surface area contributed by atoms with Gasteiger partial charge in [-0.25, -0.2) is 0 Å². The molecule has 1 aromatic carbocycles. The SMILES string of the molecule is Cc1ccc(C(=O)NCCc2ccn[nH]2)cc1C. The van der Waals surface area contributed by atoms with Crippen LogP contribution in [0.25, 0.3) is 0 Å². The first kappa shape index (κ1) is 12.4. The smallest absolute Gasteiger partial charge is 0.251 e. The van der Waals surface area contributed by atoms with E-state index in [2.05, 4.69) is 15.5 Å². The number of aromatic amines is 1. The van der Waals surface area contributed by atoms with Gasteiger partial charge < -0.3 is 5.32 Å². The third-order valence-electron chi connectivity index (χ3n) is 3.01. The molecular weight excluding hydrogens is 226 g/mol. The number of rotatable bonds is 4. The van der Waals surface area contributed by atoms with Gasteiger partial charge in [0.1, 0.15) is 0 Å². The molecule has 0 aliphatic heterocycles. The van der Waals surface area contributed by atoms with Crippen molar-refractivity contribution >= 4 is 5.91 Å². The molecule has 2 N–H and O–H groups in total. The summed E-state index contributed by atoms with van der Waals surface area (Å²) >= 11 is 0. The second kappa shape index (κ2) is 5.49. The third kappa shape index (κ3) is 2.97. The van der Waals surface area contributed by atoms with Crippen LogP contribution in [0.2, 0.25) is 0 Å². The van der Waals surface area contributed by atoms with E-state index < -0.39 is 0 Å². The molecule has 0 fully saturated rings. The first-order chi connectivity index (χ1) is 8.66. The molecular formula is C14H17N3O. The van der Waals surface area contributed by atoms with Crippen LogP contribution in [0.1, 0.15) is 27.2 Å². The second-order valence-electron chi connectivity index (χ2n) is 4.39. The highest BCUT2D eigenvalue weighted by Crippen LogP contribution is 2.09. The summed E-state index contributed by atoms with van der Waals surface area (Å²) in [6.07, 6.45) is 2.47. The predicted octanol–water partition coefficient (Wildman–Crippen LogP) is 2.00. The van der Waals surface area contributed by atoms with Crippen molar-refractivity contribution in [2.24, 2.45) is 0 Å². The topological polar surface area (TPSA) is 57.8 Å². The van der Waals surface area contributed by atoms with Crippen molar-refractivity contribution in [3.05, 3.63) is 52.8 Å². The van der Waals surface area contributed by atoms with Crippen LogP contribution in [0.4, 0.5) is 0 Å². The van der Waals surface area contributed by atoms with Crippen molar-refractivity contribution in [1.29, 1.82) is 0 Å². The maximum atomic E-state index is 11.9. The average Bonchev–Trinajstić information content (AvgIpc) is 2.85. The Hall–Kier alpha value is -2.10. The average molecular weight is 243 g/mol. The van der Waals surface area contributed by atoms with Crippen molar-refractivity contribution in [2.45, 2.75) is 20.3 Å². The Balaban J connectivity index is 1.89. The number of hydrogen-bond donors (Lipinski definition) is 2. The zero-order valence-electron chi connectivity index (χ0n) is 10.7. The lowest BCUT2D eigenvalue weighted by atomic mass is 10.1. The van der Waals surface area contributed by atoms with Gasteiger partial charge in [-0.3, -0.25) is 9.89 Å². The van der Waals surface area contributed by atoms with Crippen LogP contribution in [0, 0.1) is 13.8 Å². The van der Waals surface area contributed by atoms with Crippen LogP contribution < -0.4 is 5.32 Å². The maximum absolute atomic E-state index is 11.9. The fourth-order valence-corrected chi connectivity index (χ4v) is 1.72. The number of H-pyrrole nitrogens is 1. The Kier molecular flexibility index (Phi) is 3.77. The number of nitrogens with zero attached hydrogens (tertiary/aromatic N) is 1. The molecule has 0 saturated carbocycles.